The van der Waals surface area contributed by atoms with E-state index in [2.05, 4.69) is 9.84 Å². The van der Waals surface area contributed by atoms with Crippen LogP contribution in [0.2, 0.25) is 0 Å². The van der Waals surface area contributed by atoms with Crippen molar-refractivity contribution < 1.29 is 38.6 Å². The highest BCUT2D eigenvalue weighted by molar-refractivity contribution is 7.46. The fourth-order valence-corrected chi connectivity index (χ4v) is 1.81. The number of carbonyl (C=O) groups excluding carboxylic acids is 1. The lowest BCUT2D eigenvalue weighted by Gasteiger charge is -2.20. The molecule has 0 unspecified atom stereocenters. The summed E-state index contributed by atoms with van der Waals surface area (Å²) in [6.45, 7) is 0.627. The smallest absolute Gasteiger partial charge is 0.386 e. The molecule has 0 bridgehead atoms. The first-order valence-corrected chi connectivity index (χ1v) is 6.22. The van der Waals surface area contributed by atoms with E-state index in [-0.39, 0.29) is 0 Å². The van der Waals surface area contributed by atoms with Gasteiger partial charge in [0.2, 0.25) is 5.91 Å². The minimum absolute atomic E-state index is 0.479. The zero-order chi connectivity index (χ0) is 13.2. The molecule has 1 aliphatic rings. The summed E-state index contributed by atoms with van der Waals surface area (Å²) < 4.78 is 19.5. The van der Waals surface area contributed by atoms with E-state index in [1.165, 1.54) is 6.92 Å². The Balaban J connectivity index is 2.62. The van der Waals surface area contributed by atoms with Crippen LogP contribution in [0.1, 0.15) is 6.92 Å². The van der Waals surface area contributed by atoms with Gasteiger partial charge in [0.1, 0.15) is 12.2 Å². The van der Waals surface area contributed by atoms with Crippen LogP contribution in [0, 0.1) is 0 Å². The number of hydrogen-bond donors (Lipinski definition) is 5. The van der Waals surface area contributed by atoms with Crippen molar-refractivity contribution in [3.05, 3.63) is 0 Å². The predicted molar refractivity (Wildman–Crippen MR) is 52.5 cm³/mol. The molecule has 0 aliphatic carbocycles. The van der Waals surface area contributed by atoms with Crippen molar-refractivity contribution in [2.24, 2.45) is 0 Å². The molecule has 0 aromatic rings. The monoisotopic (exact) mass is 271 g/mol. The van der Waals surface area contributed by atoms with Crippen LogP contribution in [0.15, 0.2) is 0 Å². The summed E-state index contributed by atoms with van der Waals surface area (Å²) in [5.41, 5.74) is 0. The molecule has 1 fully saturated rings. The third-order valence-electron chi connectivity index (χ3n) is 2.15. The van der Waals surface area contributed by atoms with E-state index in [0.29, 0.717) is 0 Å². The maximum absolute atomic E-state index is 10.8. The summed E-state index contributed by atoms with van der Waals surface area (Å²) in [6.07, 6.45) is -3.97. The molecule has 17 heavy (non-hydrogen) atoms. The zero-order valence-corrected chi connectivity index (χ0v) is 9.78. The summed E-state index contributed by atoms with van der Waals surface area (Å²) in [6, 6.07) is -0.992. The van der Waals surface area contributed by atoms with Gasteiger partial charge in [0.25, 0.3) is 0 Å². The van der Waals surface area contributed by atoms with Crippen LogP contribution >= 0.6 is 7.82 Å². The van der Waals surface area contributed by atoms with E-state index in [0.717, 1.165) is 0 Å². The maximum atomic E-state index is 10.8. The average Bonchev–Trinajstić information content (AvgIpc) is 2.41. The van der Waals surface area contributed by atoms with Crippen molar-refractivity contribution in [3.8, 4) is 0 Å². The van der Waals surface area contributed by atoms with Crippen molar-refractivity contribution in [2.45, 2.75) is 31.5 Å². The van der Waals surface area contributed by atoms with Gasteiger partial charge in [-0.05, 0) is 0 Å². The number of carbonyl (C=O) groups is 1. The Bertz CT molecular complexity index is 330. The van der Waals surface area contributed by atoms with E-state index in [1.807, 2.05) is 0 Å². The lowest BCUT2D eigenvalue weighted by Crippen LogP contribution is -2.48. The summed E-state index contributed by atoms with van der Waals surface area (Å²) in [4.78, 5) is 27.8. The number of phosphoric ester groups is 1. The molecule has 0 aromatic heterocycles. The highest BCUT2D eigenvalue weighted by atomic mass is 31.2. The van der Waals surface area contributed by atoms with Gasteiger partial charge < -0.3 is 30.1 Å². The van der Waals surface area contributed by atoms with Gasteiger partial charge in [-0.2, -0.15) is 0 Å². The number of ether oxygens (including phenoxy) is 1. The normalized spacial score (nSPS) is 33.7. The van der Waals surface area contributed by atoms with Crippen molar-refractivity contribution in [2.75, 3.05) is 6.61 Å². The third-order valence-corrected chi connectivity index (χ3v) is 2.64. The van der Waals surface area contributed by atoms with Gasteiger partial charge in [0, 0.05) is 6.92 Å². The van der Waals surface area contributed by atoms with Gasteiger partial charge in [0.05, 0.1) is 12.6 Å². The Labute approximate surface area is 96.6 Å². The third kappa shape index (κ3) is 4.32. The molecule has 0 spiro atoms. The molecule has 1 heterocycles. The number of amides is 1. The molecular weight excluding hydrogens is 257 g/mol. The number of rotatable bonds is 4. The minimum atomic E-state index is -4.67. The van der Waals surface area contributed by atoms with Gasteiger partial charge in [-0.1, -0.05) is 0 Å². The summed E-state index contributed by atoms with van der Waals surface area (Å²) in [5.74, 6) is -0.479. The number of aliphatic hydroxyl groups excluding tert-OH is 2. The van der Waals surface area contributed by atoms with Crippen molar-refractivity contribution in [3.63, 3.8) is 0 Å². The summed E-state index contributed by atoms with van der Waals surface area (Å²) in [5, 5.41) is 21.0. The lowest BCUT2D eigenvalue weighted by molar-refractivity contribution is -0.132. The van der Waals surface area contributed by atoms with E-state index in [9.17, 15) is 19.6 Å². The SMILES string of the molecule is CC(=O)N[C@H]1[C@@H](O)[C@H](O)O[C@@H]1COP(=O)(O)O. The lowest BCUT2D eigenvalue weighted by atomic mass is 10.1. The Morgan fingerprint density at radius 1 is 1.47 bits per heavy atom. The molecule has 1 rings (SSSR count). The molecule has 0 aromatic carbocycles. The Kier molecular flexibility index (Phi) is 4.62. The van der Waals surface area contributed by atoms with E-state index >= 15 is 0 Å². The predicted octanol–water partition coefficient (Wildman–Crippen LogP) is -2.32. The van der Waals surface area contributed by atoms with Crippen molar-refractivity contribution in [1.29, 1.82) is 0 Å². The number of phosphoric acid groups is 1. The van der Waals surface area contributed by atoms with Gasteiger partial charge in [-0.25, -0.2) is 4.57 Å². The molecule has 9 nitrogen and oxygen atoms in total. The molecule has 1 amide bonds. The van der Waals surface area contributed by atoms with E-state index < -0.39 is 44.9 Å². The van der Waals surface area contributed by atoms with Gasteiger partial charge in [-0.3, -0.25) is 9.32 Å². The average molecular weight is 271 g/mol. The van der Waals surface area contributed by atoms with Crippen LogP contribution in [0.3, 0.4) is 0 Å². The first-order valence-electron chi connectivity index (χ1n) is 4.69. The van der Waals surface area contributed by atoms with Crippen molar-refractivity contribution >= 4 is 13.7 Å². The highest BCUT2D eigenvalue weighted by Crippen LogP contribution is 2.37. The molecule has 10 heteroatoms. The van der Waals surface area contributed by atoms with Gasteiger partial charge >= 0.3 is 7.82 Å². The molecule has 1 saturated heterocycles. The minimum Gasteiger partial charge on any atom is -0.386 e. The summed E-state index contributed by atoms with van der Waals surface area (Å²) >= 11 is 0. The van der Waals surface area contributed by atoms with Gasteiger partial charge in [0.15, 0.2) is 6.29 Å². The largest absolute Gasteiger partial charge is 0.469 e. The van der Waals surface area contributed by atoms with E-state index in [1.54, 1.807) is 0 Å². The molecular formula is C7H14NO8P. The molecule has 0 radical (unpaired) electrons. The number of nitrogens with one attached hydrogen (secondary N) is 1. The Hall–Kier alpha value is -0.540. The fourth-order valence-electron chi connectivity index (χ4n) is 1.47. The quantitative estimate of drug-likeness (QED) is 0.358. The van der Waals surface area contributed by atoms with Crippen LogP contribution in [0.25, 0.3) is 0 Å². The highest BCUT2D eigenvalue weighted by Gasteiger charge is 2.44. The second-order valence-electron chi connectivity index (χ2n) is 3.57. The molecule has 0 saturated carbocycles. The topological polar surface area (TPSA) is 146 Å². The summed E-state index contributed by atoms with van der Waals surface area (Å²) in [7, 11) is -4.67. The van der Waals surface area contributed by atoms with Crippen LogP contribution < -0.4 is 5.32 Å². The molecule has 1 aliphatic heterocycles. The molecule has 5 N–H and O–H groups in total. The van der Waals surface area contributed by atoms with Crippen LogP contribution in [-0.4, -0.2) is 57.1 Å². The number of aliphatic hydroxyl groups is 2. The first kappa shape index (κ1) is 14.5. The first-order chi connectivity index (χ1) is 7.70. The molecule has 100 valence electrons. The standard InChI is InChI=1S/C7H14NO8P/c1-3(9)8-5-4(2-15-17(12,13)14)16-7(11)6(5)10/h4-7,10-11H,2H2,1H3,(H,8,9)(H2,12,13,14)/t4-,5-,6-,7-/m1/s1. The Morgan fingerprint density at radius 2 is 2.06 bits per heavy atom. The second-order valence-corrected chi connectivity index (χ2v) is 4.81. The van der Waals surface area contributed by atoms with Crippen LogP contribution in [0.5, 0.6) is 0 Å². The molecule has 4 atom stereocenters. The zero-order valence-electron chi connectivity index (χ0n) is 8.89. The Morgan fingerprint density at radius 3 is 2.53 bits per heavy atom. The maximum Gasteiger partial charge on any atom is 0.469 e. The van der Waals surface area contributed by atoms with Crippen molar-refractivity contribution in [1.82, 2.24) is 5.32 Å². The fraction of sp³-hybridized carbons (Fsp3) is 0.857. The van der Waals surface area contributed by atoms with Gasteiger partial charge in [-0.15, -0.1) is 0 Å². The van der Waals surface area contributed by atoms with E-state index in [4.69, 9.17) is 14.5 Å². The second kappa shape index (κ2) is 5.40. The van der Waals surface area contributed by atoms with Crippen LogP contribution in [0.4, 0.5) is 0 Å². The number of hydrogen-bond acceptors (Lipinski definition) is 6. The van der Waals surface area contributed by atoms with Crippen LogP contribution in [-0.2, 0) is 18.6 Å².